The second-order valence-electron chi connectivity index (χ2n) is 5.77. The van der Waals surface area contributed by atoms with Crippen LogP contribution >= 0.6 is 22.6 Å². The van der Waals surface area contributed by atoms with Crippen LogP contribution < -0.4 is 5.32 Å². The zero-order valence-corrected chi connectivity index (χ0v) is 15.2. The van der Waals surface area contributed by atoms with Gasteiger partial charge in [-0.15, -0.1) is 0 Å². The van der Waals surface area contributed by atoms with E-state index in [0.29, 0.717) is 0 Å². The molecule has 116 valence electrons. The summed E-state index contributed by atoms with van der Waals surface area (Å²) < 4.78 is 1.26. The molecule has 4 aromatic rings. The monoisotopic (exact) mass is 421 g/mol. The molecule has 4 aromatic carbocycles. The summed E-state index contributed by atoms with van der Waals surface area (Å²) in [5, 5.41) is 5.99. The maximum Gasteiger partial charge on any atom is 0.0390 e. The number of halogens is 1. The van der Waals surface area contributed by atoms with Crippen molar-refractivity contribution in [3.8, 4) is 11.1 Å². The quantitative estimate of drug-likeness (QED) is 0.357. The number of anilines is 2. The average Bonchev–Trinajstić information content (AvgIpc) is 2.63. The van der Waals surface area contributed by atoms with Crippen LogP contribution in [0.25, 0.3) is 21.9 Å². The molecule has 0 amide bonds. The molecule has 24 heavy (non-hydrogen) atoms. The molecule has 0 aliphatic heterocycles. The molecule has 0 spiro atoms. The van der Waals surface area contributed by atoms with Gasteiger partial charge in [0.15, 0.2) is 0 Å². The van der Waals surface area contributed by atoms with Gasteiger partial charge in [0.1, 0.15) is 0 Å². The Hall–Kier alpha value is -2.33. The highest BCUT2D eigenvalue weighted by Gasteiger charge is 2.00. The van der Waals surface area contributed by atoms with Crippen molar-refractivity contribution in [2.45, 2.75) is 0 Å². The Morgan fingerprint density at radius 2 is 1.12 bits per heavy atom. The molecular formula is C22H16IN. The van der Waals surface area contributed by atoms with Gasteiger partial charge in [0.25, 0.3) is 0 Å². The van der Waals surface area contributed by atoms with Crippen molar-refractivity contribution < 1.29 is 0 Å². The van der Waals surface area contributed by atoms with Crippen molar-refractivity contribution in [2.24, 2.45) is 0 Å². The minimum absolute atomic E-state index is 1.10. The molecule has 0 aromatic heterocycles. The zero-order valence-electron chi connectivity index (χ0n) is 13.0. The summed E-state index contributed by atoms with van der Waals surface area (Å²) in [4.78, 5) is 0. The fourth-order valence-electron chi connectivity index (χ4n) is 2.82. The fraction of sp³-hybridized carbons (Fsp3) is 0. The van der Waals surface area contributed by atoms with Crippen molar-refractivity contribution in [1.29, 1.82) is 0 Å². The van der Waals surface area contributed by atoms with Crippen LogP contribution in [0.2, 0.25) is 0 Å². The second kappa shape index (κ2) is 6.65. The Balaban J connectivity index is 1.57. The maximum absolute atomic E-state index is 3.48. The van der Waals surface area contributed by atoms with Crippen molar-refractivity contribution in [1.82, 2.24) is 0 Å². The molecule has 1 nitrogen and oxygen atoms in total. The number of fused-ring (bicyclic) bond motifs is 1. The largest absolute Gasteiger partial charge is 0.356 e. The fourth-order valence-corrected chi connectivity index (χ4v) is 3.18. The molecule has 4 rings (SSSR count). The van der Waals surface area contributed by atoms with E-state index in [0.717, 1.165) is 11.4 Å². The van der Waals surface area contributed by atoms with Crippen LogP contribution in [0.1, 0.15) is 0 Å². The van der Waals surface area contributed by atoms with E-state index < -0.39 is 0 Å². The van der Waals surface area contributed by atoms with Gasteiger partial charge in [0.05, 0.1) is 0 Å². The summed E-state index contributed by atoms with van der Waals surface area (Å²) in [5.74, 6) is 0. The van der Waals surface area contributed by atoms with Gasteiger partial charge in [-0.25, -0.2) is 0 Å². The summed E-state index contributed by atoms with van der Waals surface area (Å²) in [5.41, 5.74) is 4.68. The highest BCUT2D eigenvalue weighted by molar-refractivity contribution is 14.1. The third-order valence-corrected chi connectivity index (χ3v) is 4.82. The molecule has 0 atom stereocenters. The summed E-state index contributed by atoms with van der Waals surface area (Å²) in [6.07, 6.45) is 0. The minimum Gasteiger partial charge on any atom is -0.356 e. The summed E-state index contributed by atoms with van der Waals surface area (Å²) in [7, 11) is 0. The van der Waals surface area contributed by atoms with E-state index in [9.17, 15) is 0 Å². The Kier molecular flexibility index (Phi) is 4.22. The minimum atomic E-state index is 1.10. The van der Waals surface area contributed by atoms with Gasteiger partial charge in [-0.3, -0.25) is 0 Å². The van der Waals surface area contributed by atoms with Crippen molar-refractivity contribution in [3.05, 3.63) is 94.6 Å². The molecule has 0 saturated carbocycles. The lowest BCUT2D eigenvalue weighted by Crippen LogP contribution is -1.90. The molecule has 0 fully saturated rings. The summed E-state index contributed by atoms with van der Waals surface area (Å²) in [6.45, 7) is 0. The van der Waals surface area contributed by atoms with Crippen LogP contribution in [0.5, 0.6) is 0 Å². The molecule has 0 bridgehead atoms. The third kappa shape index (κ3) is 3.29. The number of hydrogen-bond donors (Lipinski definition) is 1. The molecule has 0 radical (unpaired) electrons. The Morgan fingerprint density at radius 3 is 1.83 bits per heavy atom. The Morgan fingerprint density at radius 1 is 0.542 bits per heavy atom. The molecular weight excluding hydrogens is 405 g/mol. The topological polar surface area (TPSA) is 12.0 Å². The number of hydrogen-bond acceptors (Lipinski definition) is 1. The lowest BCUT2D eigenvalue weighted by atomic mass is 10.1. The molecule has 0 saturated heterocycles. The van der Waals surface area contributed by atoms with Crippen LogP contribution in [0.4, 0.5) is 11.4 Å². The van der Waals surface area contributed by atoms with E-state index >= 15 is 0 Å². The van der Waals surface area contributed by atoms with E-state index in [2.05, 4.69) is 119 Å². The molecule has 0 unspecified atom stereocenters. The van der Waals surface area contributed by atoms with Crippen LogP contribution in [0.15, 0.2) is 91.0 Å². The van der Waals surface area contributed by atoms with Gasteiger partial charge in [-0.2, -0.15) is 0 Å². The zero-order chi connectivity index (χ0) is 16.4. The first-order valence-electron chi connectivity index (χ1n) is 7.90. The van der Waals surface area contributed by atoms with Crippen LogP contribution in [0.3, 0.4) is 0 Å². The first kappa shape index (κ1) is 15.2. The SMILES string of the molecule is Ic1ccc(-c2ccc(Nc3ccc4ccccc4c3)cc2)cc1. The van der Waals surface area contributed by atoms with Crippen LogP contribution in [-0.4, -0.2) is 0 Å². The molecule has 1 N–H and O–H groups in total. The second-order valence-corrected chi connectivity index (χ2v) is 7.02. The number of nitrogens with one attached hydrogen (secondary N) is 1. The molecule has 2 heteroatoms. The first-order chi connectivity index (χ1) is 11.8. The lowest BCUT2D eigenvalue weighted by Gasteiger charge is -2.09. The van der Waals surface area contributed by atoms with Gasteiger partial charge in [-0.1, -0.05) is 54.6 Å². The molecule has 0 heterocycles. The van der Waals surface area contributed by atoms with Gasteiger partial charge in [0, 0.05) is 14.9 Å². The highest BCUT2D eigenvalue weighted by atomic mass is 127. The van der Waals surface area contributed by atoms with E-state index in [-0.39, 0.29) is 0 Å². The first-order valence-corrected chi connectivity index (χ1v) is 8.98. The highest BCUT2D eigenvalue weighted by Crippen LogP contribution is 2.25. The predicted octanol–water partition coefficient (Wildman–Crippen LogP) is 6.86. The molecule has 0 aliphatic rings. The van der Waals surface area contributed by atoms with E-state index in [4.69, 9.17) is 0 Å². The van der Waals surface area contributed by atoms with E-state index in [1.54, 1.807) is 0 Å². The predicted molar refractivity (Wildman–Crippen MR) is 112 cm³/mol. The van der Waals surface area contributed by atoms with Crippen molar-refractivity contribution >= 4 is 44.7 Å². The maximum atomic E-state index is 3.48. The van der Waals surface area contributed by atoms with Gasteiger partial charge in [0.2, 0.25) is 0 Å². The summed E-state index contributed by atoms with van der Waals surface area (Å²) >= 11 is 2.33. The average molecular weight is 421 g/mol. The Bertz CT molecular complexity index is 973. The lowest BCUT2D eigenvalue weighted by molar-refractivity contribution is 1.55. The van der Waals surface area contributed by atoms with Crippen molar-refractivity contribution in [2.75, 3.05) is 5.32 Å². The number of benzene rings is 4. The smallest absolute Gasteiger partial charge is 0.0390 e. The van der Waals surface area contributed by atoms with Gasteiger partial charge >= 0.3 is 0 Å². The standard InChI is InChI=1S/C22H16IN/c23-20-10-5-17(6-11-20)18-7-12-21(13-8-18)24-22-14-9-16-3-1-2-4-19(16)15-22/h1-15,24H. The summed E-state index contributed by atoms with van der Waals surface area (Å²) in [6, 6.07) is 32.0. The normalized spacial score (nSPS) is 10.7. The van der Waals surface area contributed by atoms with Crippen molar-refractivity contribution in [3.63, 3.8) is 0 Å². The van der Waals surface area contributed by atoms with Crippen LogP contribution in [-0.2, 0) is 0 Å². The van der Waals surface area contributed by atoms with E-state index in [1.165, 1.54) is 25.5 Å². The molecule has 0 aliphatic carbocycles. The third-order valence-electron chi connectivity index (χ3n) is 4.10. The van der Waals surface area contributed by atoms with Crippen LogP contribution in [0, 0.1) is 3.57 Å². The van der Waals surface area contributed by atoms with Gasteiger partial charge in [-0.05, 0) is 80.9 Å². The van der Waals surface area contributed by atoms with E-state index in [1.807, 2.05) is 0 Å². The Labute approximate surface area is 155 Å². The number of rotatable bonds is 3. The van der Waals surface area contributed by atoms with Gasteiger partial charge < -0.3 is 5.32 Å².